The van der Waals surface area contributed by atoms with Crippen molar-refractivity contribution in [3.8, 4) is 34.2 Å². The lowest BCUT2D eigenvalue weighted by atomic mass is 10.0. The SMILES string of the molecule is c1ccc2c(c1)oc1cccc(-c3nc(-c4ccc5c(ccc6oc7ccccc7c65)c4)nc(-c4cccc5sc6ccccc6c45)n3)c12. The number of para-hydroxylation sites is 2. The molecular weight excluding hydrogens is 623 g/mol. The van der Waals surface area contributed by atoms with Gasteiger partial charge in [-0.3, -0.25) is 0 Å². The zero-order valence-corrected chi connectivity index (χ0v) is 26.7. The van der Waals surface area contributed by atoms with Crippen molar-refractivity contribution in [2.45, 2.75) is 0 Å². The summed E-state index contributed by atoms with van der Waals surface area (Å²) in [6.45, 7) is 0. The van der Waals surface area contributed by atoms with Gasteiger partial charge in [0.2, 0.25) is 0 Å². The highest BCUT2D eigenvalue weighted by Gasteiger charge is 2.20. The van der Waals surface area contributed by atoms with Crippen molar-refractivity contribution >= 4 is 86.2 Å². The molecule has 0 aliphatic heterocycles. The molecule has 4 heterocycles. The molecule has 0 aliphatic rings. The third-order valence-corrected chi connectivity index (χ3v) is 10.7. The van der Waals surface area contributed by atoms with E-state index in [1.807, 2.05) is 42.5 Å². The van der Waals surface area contributed by atoms with E-state index in [9.17, 15) is 0 Å². The maximum Gasteiger partial charge on any atom is 0.164 e. The summed E-state index contributed by atoms with van der Waals surface area (Å²) in [5.74, 6) is 1.85. The van der Waals surface area contributed by atoms with Gasteiger partial charge in [0.05, 0.1) is 0 Å². The molecular formula is C43H23N3O2S. The van der Waals surface area contributed by atoms with Crippen LogP contribution in [-0.2, 0) is 0 Å². The van der Waals surface area contributed by atoms with E-state index in [1.165, 1.54) is 14.8 Å². The molecule has 228 valence electrons. The van der Waals surface area contributed by atoms with E-state index in [0.29, 0.717) is 17.5 Å². The number of aromatic nitrogens is 3. The summed E-state index contributed by atoms with van der Waals surface area (Å²) in [5.41, 5.74) is 6.20. The summed E-state index contributed by atoms with van der Waals surface area (Å²) in [4.78, 5) is 15.6. The molecule has 0 bridgehead atoms. The summed E-state index contributed by atoms with van der Waals surface area (Å²) in [7, 11) is 0. The smallest absolute Gasteiger partial charge is 0.164 e. The van der Waals surface area contributed by atoms with Crippen LogP contribution < -0.4 is 0 Å². The highest BCUT2D eigenvalue weighted by atomic mass is 32.1. The van der Waals surface area contributed by atoms with Gasteiger partial charge in [-0.25, -0.2) is 15.0 Å². The topological polar surface area (TPSA) is 65.0 Å². The normalized spacial score (nSPS) is 12.1. The summed E-state index contributed by atoms with van der Waals surface area (Å²) in [6.07, 6.45) is 0. The van der Waals surface area contributed by atoms with Crippen LogP contribution in [0.5, 0.6) is 0 Å². The second kappa shape index (κ2) is 10.1. The Hall–Kier alpha value is -6.37. The number of fused-ring (bicyclic) bond motifs is 11. The predicted molar refractivity (Wildman–Crippen MR) is 201 cm³/mol. The van der Waals surface area contributed by atoms with Crippen LogP contribution in [0, 0.1) is 0 Å². The van der Waals surface area contributed by atoms with E-state index in [1.54, 1.807) is 11.3 Å². The van der Waals surface area contributed by atoms with E-state index >= 15 is 0 Å². The van der Waals surface area contributed by atoms with E-state index in [0.717, 1.165) is 76.7 Å². The van der Waals surface area contributed by atoms with Crippen LogP contribution in [0.2, 0.25) is 0 Å². The van der Waals surface area contributed by atoms with Gasteiger partial charge in [0.25, 0.3) is 0 Å². The van der Waals surface area contributed by atoms with E-state index < -0.39 is 0 Å². The Morgan fingerprint density at radius 1 is 0.388 bits per heavy atom. The number of rotatable bonds is 3. The molecule has 4 aromatic heterocycles. The fraction of sp³-hybridized carbons (Fsp3) is 0. The van der Waals surface area contributed by atoms with Gasteiger partial charge in [0.15, 0.2) is 17.5 Å². The Morgan fingerprint density at radius 3 is 1.78 bits per heavy atom. The maximum atomic E-state index is 6.27. The second-order valence-electron chi connectivity index (χ2n) is 12.3. The van der Waals surface area contributed by atoms with Crippen LogP contribution in [0.1, 0.15) is 0 Å². The number of hydrogen-bond acceptors (Lipinski definition) is 6. The number of nitrogens with zero attached hydrogens (tertiary/aromatic N) is 3. The van der Waals surface area contributed by atoms with Crippen LogP contribution >= 0.6 is 11.3 Å². The molecule has 11 aromatic rings. The molecule has 0 spiro atoms. The Kier molecular flexibility index (Phi) is 5.48. The van der Waals surface area contributed by atoms with Gasteiger partial charge in [0, 0.05) is 58.4 Å². The number of benzene rings is 7. The quantitative estimate of drug-likeness (QED) is 0.191. The Balaban J connectivity index is 1.19. The number of thiophene rings is 1. The zero-order valence-electron chi connectivity index (χ0n) is 25.8. The summed E-state index contributed by atoms with van der Waals surface area (Å²) < 4.78 is 14.9. The zero-order chi connectivity index (χ0) is 32.1. The van der Waals surface area contributed by atoms with Crippen LogP contribution in [0.3, 0.4) is 0 Å². The summed E-state index contributed by atoms with van der Waals surface area (Å²) in [6, 6.07) is 48.0. The molecule has 49 heavy (non-hydrogen) atoms. The largest absolute Gasteiger partial charge is 0.456 e. The van der Waals surface area contributed by atoms with Gasteiger partial charge >= 0.3 is 0 Å². The minimum Gasteiger partial charge on any atom is -0.456 e. The first-order chi connectivity index (χ1) is 24.3. The van der Waals surface area contributed by atoms with Crippen molar-refractivity contribution in [1.29, 1.82) is 0 Å². The molecule has 11 rings (SSSR count). The average molecular weight is 646 g/mol. The number of hydrogen-bond donors (Lipinski definition) is 0. The predicted octanol–water partition coefficient (Wildman–Crippen LogP) is 12.2. The van der Waals surface area contributed by atoms with E-state index in [2.05, 4.69) is 97.1 Å². The van der Waals surface area contributed by atoms with Crippen molar-refractivity contribution in [3.05, 3.63) is 140 Å². The molecule has 0 amide bonds. The first-order valence-electron chi connectivity index (χ1n) is 16.2. The lowest BCUT2D eigenvalue weighted by Gasteiger charge is -2.11. The van der Waals surface area contributed by atoms with Gasteiger partial charge in [-0.15, -0.1) is 11.3 Å². The van der Waals surface area contributed by atoms with Gasteiger partial charge in [0.1, 0.15) is 22.3 Å². The van der Waals surface area contributed by atoms with Gasteiger partial charge in [-0.1, -0.05) is 97.1 Å². The molecule has 0 fully saturated rings. The first kappa shape index (κ1) is 26.7. The summed E-state index contributed by atoms with van der Waals surface area (Å²) in [5, 5.41) is 8.83. The summed E-state index contributed by atoms with van der Waals surface area (Å²) >= 11 is 1.79. The molecule has 6 heteroatoms. The molecule has 5 nitrogen and oxygen atoms in total. The Labute approximate surface area is 282 Å². The van der Waals surface area contributed by atoms with Crippen LogP contribution in [0.15, 0.2) is 148 Å². The van der Waals surface area contributed by atoms with Crippen LogP contribution in [0.25, 0.3) is 109 Å². The lowest BCUT2D eigenvalue weighted by molar-refractivity contribution is 0.668. The average Bonchev–Trinajstić information content (AvgIpc) is 3.85. The molecule has 0 aliphatic carbocycles. The molecule has 7 aromatic carbocycles. The highest BCUT2D eigenvalue weighted by Crippen LogP contribution is 2.42. The molecule has 0 atom stereocenters. The van der Waals surface area contributed by atoms with Crippen LogP contribution in [-0.4, -0.2) is 15.0 Å². The Morgan fingerprint density at radius 2 is 0.980 bits per heavy atom. The van der Waals surface area contributed by atoms with Crippen molar-refractivity contribution in [2.24, 2.45) is 0 Å². The minimum absolute atomic E-state index is 0.602. The maximum absolute atomic E-state index is 6.27. The molecule has 0 N–H and O–H groups in total. The van der Waals surface area contributed by atoms with Gasteiger partial charge in [-0.05, 0) is 53.2 Å². The second-order valence-corrected chi connectivity index (χ2v) is 13.4. The lowest BCUT2D eigenvalue weighted by Crippen LogP contribution is -2.00. The molecule has 0 unspecified atom stereocenters. The van der Waals surface area contributed by atoms with Crippen molar-refractivity contribution < 1.29 is 8.83 Å². The molecule has 0 saturated heterocycles. The third kappa shape index (κ3) is 3.95. The fourth-order valence-corrected chi connectivity index (χ4v) is 8.49. The van der Waals surface area contributed by atoms with Crippen molar-refractivity contribution in [3.63, 3.8) is 0 Å². The van der Waals surface area contributed by atoms with E-state index in [-0.39, 0.29) is 0 Å². The van der Waals surface area contributed by atoms with Crippen molar-refractivity contribution in [1.82, 2.24) is 15.0 Å². The highest BCUT2D eigenvalue weighted by molar-refractivity contribution is 7.25. The fourth-order valence-electron chi connectivity index (χ4n) is 7.36. The Bertz CT molecular complexity index is 3000. The monoisotopic (exact) mass is 645 g/mol. The number of furan rings is 2. The van der Waals surface area contributed by atoms with E-state index in [4.69, 9.17) is 23.8 Å². The first-order valence-corrected chi connectivity index (χ1v) is 17.0. The molecule has 0 radical (unpaired) electrons. The molecule has 0 saturated carbocycles. The van der Waals surface area contributed by atoms with Gasteiger partial charge < -0.3 is 8.83 Å². The van der Waals surface area contributed by atoms with Gasteiger partial charge in [-0.2, -0.15) is 0 Å². The van der Waals surface area contributed by atoms with Crippen LogP contribution in [0.4, 0.5) is 0 Å². The third-order valence-electron chi connectivity index (χ3n) is 9.54. The standard InChI is InChI=1S/C43H23N3O2S/c1-4-14-32-27(9-1)38-26-21-19-25(23-24(26)20-22-35(38)48-32)41-44-42(30-12-7-16-34-39(30)28-10-2-5-15-33(28)47-34)46-43(45-41)31-13-8-18-37-40(31)29-11-3-6-17-36(29)49-37/h1-23H. The minimum atomic E-state index is 0.602. The van der Waals surface area contributed by atoms with Crippen molar-refractivity contribution in [2.75, 3.05) is 0 Å².